The summed E-state index contributed by atoms with van der Waals surface area (Å²) in [5, 5.41) is 9.69. The van der Waals surface area contributed by atoms with Gasteiger partial charge < -0.3 is 19.3 Å². The number of hydrogen-bond donors (Lipinski definition) is 1. The Morgan fingerprint density at radius 1 is 1.02 bits per heavy atom. The maximum Gasteiger partial charge on any atom is 0.302 e. The van der Waals surface area contributed by atoms with E-state index in [1.165, 1.54) is 13.8 Å². The van der Waals surface area contributed by atoms with Crippen LogP contribution in [0.1, 0.15) is 107 Å². The number of epoxide rings is 1. The molecule has 0 aromatic heterocycles. The molecular weight excluding hydrogens is 504 g/mol. The van der Waals surface area contributed by atoms with Gasteiger partial charge in [-0.2, -0.15) is 0 Å². The second kappa shape index (κ2) is 9.97. The van der Waals surface area contributed by atoms with E-state index in [2.05, 4.69) is 46.8 Å². The van der Waals surface area contributed by atoms with Gasteiger partial charge >= 0.3 is 11.9 Å². The molecule has 1 N–H and O–H groups in total. The van der Waals surface area contributed by atoms with Gasteiger partial charge in [-0.25, -0.2) is 0 Å². The molecule has 0 aromatic rings. The molecule has 1 aliphatic heterocycles. The summed E-state index contributed by atoms with van der Waals surface area (Å²) in [6.07, 6.45) is 13.2. The van der Waals surface area contributed by atoms with Crippen molar-refractivity contribution < 1.29 is 28.9 Å². The number of carbonyl (C=O) groups is 2. The lowest BCUT2D eigenvalue weighted by Gasteiger charge is -2.61. The lowest BCUT2D eigenvalue weighted by atomic mass is 9.44. The first kappa shape index (κ1) is 29.8. The quantitative estimate of drug-likeness (QED) is 0.269. The molecule has 6 nitrogen and oxygen atoms in total. The smallest absolute Gasteiger partial charge is 0.302 e. The van der Waals surface area contributed by atoms with E-state index in [-0.39, 0.29) is 58.3 Å². The summed E-state index contributed by atoms with van der Waals surface area (Å²) in [5.74, 6) is 0.739. The first-order valence-electron chi connectivity index (χ1n) is 15.6. The van der Waals surface area contributed by atoms with Crippen molar-refractivity contribution in [1.29, 1.82) is 0 Å². The standard InChI is InChI=1S/C34H52O6/c1-21(36)38-19-23(9-12-29-34(8,20-35)40-29)24-13-17-33(7)26-10-11-27-30(3,4)28(39-22(2)37)15-16-31(27,5)25(26)14-18-32(24,33)6/h10,14,23-24,27-29,35H,9,11-13,15-20H2,1-8H3/t23-,24+,27-,28-,29+,31+,32+,33-,34+/m0/s1. The van der Waals surface area contributed by atoms with Crippen LogP contribution < -0.4 is 0 Å². The number of hydrogen-bond acceptors (Lipinski definition) is 6. The van der Waals surface area contributed by atoms with E-state index in [0.29, 0.717) is 18.4 Å². The Balaban J connectivity index is 1.42. The third kappa shape index (κ3) is 4.51. The third-order valence-corrected chi connectivity index (χ3v) is 12.8. The van der Waals surface area contributed by atoms with Crippen LogP contribution in [-0.4, -0.2) is 48.1 Å². The molecule has 224 valence electrons. The predicted octanol–water partition coefficient (Wildman–Crippen LogP) is 6.55. The van der Waals surface area contributed by atoms with Gasteiger partial charge in [0.1, 0.15) is 11.7 Å². The van der Waals surface area contributed by atoms with Crippen molar-refractivity contribution in [2.75, 3.05) is 13.2 Å². The van der Waals surface area contributed by atoms with Gasteiger partial charge in [-0.05, 0) is 103 Å². The minimum atomic E-state index is -0.413. The molecule has 1 saturated heterocycles. The molecule has 0 unspecified atom stereocenters. The molecule has 1 heterocycles. The number of esters is 2. The van der Waals surface area contributed by atoms with Crippen LogP contribution in [0.25, 0.3) is 0 Å². The topological polar surface area (TPSA) is 85.4 Å². The highest BCUT2D eigenvalue weighted by Crippen LogP contribution is 2.72. The highest BCUT2D eigenvalue weighted by atomic mass is 16.6. The van der Waals surface area contributed by atoms with E-state index in [0.717, 1.165) is 51.4 Å². The predicted molar refractivity (Wildman–Crippen MR) is 154 cm³/mol. The zero-order valence-electron chi connectivity index (χ0n) is 26.1. The average Bonchev–Trinajstić information content (AvgIpc) is 3.45. The maximum absolute atomic E-state index is 11.9. The molecule has 0 radical (unpaired) electrons. The van der Waals surface area contributed by atoms with E-state index in [1.54, 1.807) is 11.1 Å². The van der Waals surface area contributed by atoms with E-state index in [9.17, 15) is 14.7 Å². The van der Waals surface area contributed by atoms with Gasteiger partial charge in [-0.1, -0.05) is 46.8 Å². The van der Waals surface area contributed by atoms with E-state index in [1.807, 2.05) is 6.92 Å². The monoisotopic (exact) mass is 556 g/mol. The summed E-state index contributed by atoms with van der Waals surface area (Å²) < 4.78 is 17.3. The fraction of sp³-hybridized carbons (Fsp3) is 0.824. The van der Waals surface area contributed by atoms with E-state index >= 15 is 0 Å². The number of carbonyl (C=O) groups excluding carboxylic acids is 2. The van der Waals surface area contributed by atoms with Crippen molar-refractivity contribution in [3.05, 3.63) is 23.3 Å². The van der Waals surface area contributed by atoms with Crippen molar-refractivity contribution in [1.82, 2.24) is 0 Å². The average molecular weight is 557 g/mol. The molecule has 0 bridgehead atoms. The Labute approximate surface area is 241 Å². The zero-order valence-corrected chi connectivity index (χ0v) is 26.1. The van der Waals surface area contributed by atoms with Crippen molar-refractivity contribution >= 4 is 11.9 Å². The largest absolute Gasteiger partial charge is 0.466 e. The van der Waals surface area contributed by atoms with Gasteiger partial charge in [0, 0.05) is 19.3 Å². The molecule has 2 saturated carbocycles. The molecule has 40 heavy (non-hydrogen) atoms. The highest BCUT2D eigenvalue weighted by molar-refractivity contribution is 5.66. The Kier molecular flexibility index (Phi) is 7.43. The summed E-state index contributed by atoms with van der Waals surface area (Å²) >= 11 is 0. The van der Waals surface area contributed by atoms with Gasteiger partial charge in [0.25, 0.3) is 0 Å². The minimum absolute atomic E-state index is 0.0379. The SMILES string of the molecule is CC(=O)OC[C@H](CC[C@H]1O[C@]1(C)CO)[C@H]1CC[C@@]2(C)C3=CC[C@H]4C(C)(C)[C@@H](OC(C)=O)CC[C@]4(C)C3=CC[C@]12C. The maximum atomic E-state index is 11.9. The summed E-state index contributed by atoms with van der Waals surface area (Å²) in [4.78, 5) is 23.7. The lowest BCUT2D eigenvalue weighted by Crippen LogP contribution is -2.55. The summed E-state index contributed by atoms with van der Waals surface area (Å²) in [7, 11) is 0. The van der Waals surface area contributed by atoms with Crippen molar-refractivity contribution in [2.45, 2.75) is 125 Å². The molecule has 3 fully saturated rings. The van der Waals surface area contributed by atoms with Crippen LogP contribution in [0.2, 0.25) is 0 Å². The zero-order chi connectivity index (χ0) is 29.3. The van der Waals surface area contributed by atoms with Crippen LogP contribution >= 0.6 is 0 Å². The van der Waals surface area contributed by atoms with Crippen LogP contribution in [-0.2, 0) is 23.8 Å². The molecule has 9 atom stereocenters. The fourth-order valence-electron chi connectivity index (χ4n) is 9.97. The van der Waals surface area contributed by atoms with Crippen LogP contribution in [0.5, 0.6) is 0 Å². The first-order chi connectivity index (χ1) is 18.6. The van der Waals surface area contributed by atoms with E-state index < -0.39 is 5.60 Å². The number of allylic oxidation sites excluding steroid dienone is 4. The first-order valence-corrected chi connectivity index (χ1v) is 15.6. The molecule has 0 amide bonds. The Morgan fingerprint density at radius 3 is 2.38 bits per heavy atom. The summed E-state index contributed by atoms with van der Waals surface area (Å²) in [6.45, 7) is 17.6. The molecule has 5 rings (SSSR count). The van der Waals surface area contributed by atoms with Crippen LogP contribution in [0.4, 0.5) is 0 Å². The lowest BCUT2D eigenvalue weighted by molar-refractivity contribution is -0.165. The minimum Gasteiger partial charge on any atom is -0.466 e. The van der Waals surface area contributed by atoms with Gasteiger partial charge in [-0.15, -0.1) is 0 Å². The van der Waals surface area contributed by atoms with Gasteiger partial charge in [0.05, 0.1) is 19.3 Å². The summed E-state index contributed by atoms with van der Waals surface area (Å²) in [6, 6.07) is 0. The van der Waals surface area contributed by atoms with Crippen molar-refractivity contribution in [3.63, 3.8) is 0 Å². The normalized spacial score (nSPS) is 43.8. The molecule has 6 heteroatoms. The van der Waals surface area contributed by atoms with Crippen molar-refractivity contribution in [2.24, 2.45) is 39.4 Å². The Bertz CT molecular complexity index is 1110. The molecule has 0 aromatic carbocycles. The number of aliphatic hydroxyl groups is 1. The molecular formula is C34H52O6. The van der Waals surface area contributed by atoms with Gasteiger partial charge in [-0.3, -0.25) is 9.59 Å². The van der Waals surface area contributed by atoms with Crippen molar-refractivity contribution in [3.8, 4) is 0 Å². The van der Waals surface area contributed by atoms with Crippen LogP contribution in [0, 0.1) is 39.4 Å². The molecule has 5 aliphatic rings. The third-order valence-electron chi connectivity index (χ3n) is 12.8. The van der Waals surface area contributed by atoms with Gasteiger partial charge in [0.15, 0.2) is 0 Å². The second-order valence-electron chi connectivity index (χ2n) is 15.2. The summed E-state index contributed by atoms with van der Waals surface area (Å²) in [5.41, 5.74) is 2.80. The molecule has 4 aliphatic carbocycles. The number of fused-ring (bicyclic) bond motifs is 5. The highest BCUT2D eigenvalue weighted by Gasteiger charge is 2.64. The fourth-order valence-corrected chi connectivity index (χ4v) is 9.97. The van der Waals surface area contributed by atoms with E-state index in [4.69, 9.17) is 14.2 Å². The number of rotatable bonds is 8. The Morgan fingerprint density at radius 2 is 1.75 bits per heavy atom. The van der Waals surface area contributed by atoms with Crippen LogP contribution in [0.3, 0.4) is 0 Å². The second-order valence-corrected chi connectivity index (χ2v) is 15.2. The Hall–Kier alpha value is -1.66. The van der Waals surface area contributed by atoms with Crippen LogP contribution in [0.15, 0.2) is 23.3 Å². The number of aliphatic hydroxyl groups excluding tert-OH is 1. The number of ether oxygens (including phenoxy) is 3. The molecule has 0 spiro atoms. The van der Waals surface area contributed by atoms with Gasteiger partial charge in [0.2, 0.25) is 0 Å².